The van der Waals surface area contributed by atoms with Crippen LogP contribution in [0.4, 0.5) is 5.13 Å². The third kappa shape index (κ3) is 4.61. The molecule has 0 atom stereocenters. The molecule has 0 radical (unpaired) electrons. The van der Waals surface area contributed by atoms with Crippen LogP contribution in [0.3, 0.4) is 0 Å². The van der Waals surface area contributed by atoms with Gasteiger partial charge in [-0.2, -0.15) is 0 Å². The summed E-state index contributed by atoms with van der Waals surface area (Å²) in [4.78, 5) is 39.5. The van der Waals surface area contributed by atoms with Crippen LogP contribution >= 0.6 is 34.4 Å². The summed E-state index contributed by atoms with van der Waals surface area (Å²) in [5.41, 5.74) is 1.70. The highest BCUT2D eigenvalue weighted by molar-refractivity contribution is 7.99. The number of rotatable bonds is 7. The number of likely N-dealkylation sites (N-methyl/N-ethyl adjacent to an activating group) is 1. The lowest BCUT2D eigenvalue weighted by atomic mass is 10.1. The van der Waals surface area contributed by atoms with Gasteiger partial charge in [0.05, 0.1) is 23.4 Å². The molecule has 0 spiro atoms. The average Bonchev–Trinajstić information content (AvgIpc) is 3.45. The van der Waals surface area contributed by atoms with Crippen LogP contribution in [-0.4, -0.2) is 51.3 Å². The Kier molecular flexibility index (Phi) is 6.68. The topological polar surface area (TPSA) is 89.3 Å². The van der Waals surface area contributed by atoms with E-state index in [2.05, 4.69) is 22.2 Å². The monoisotopic (exact) mass is 513 g/mol. The standard InChI is InChI=1S/C23H23N5O3S3/c1-3-31-15-6-4-14(5-7-15)28-21(30)19-16-8-10-27(2)12-17(16)34-20(19)26-23(28)33-13-18(29)25-22-24-9-11-32-22/h4-7,9,11H,3,8,10,12-13H2,1-2H3,(H,24,25,29). The molecule has 5 rings (SSSR count). The smallest absolute Gasteiger partial charge is 0.267 e. The molecule has 34 heavy (non-hydrogen) atoms. The minimum Gasteiger partial charge on any atom is -0.494 e. The van der Waals surface area contributed by atoms with Gasteiger partial charge in [0.1, 0.15) is 10.6 Å². The number of fused-ring (bicyclic) bond motifs is 3. The SMILES string of the molecule is CCOc1ccc(-n2c(SCC(=O)Nc3nccs3)nc3sc4c(c3c2=O)CCN(C)C4)cc1. The highest BCUT2D eigenvalue weighted by Gasteiger charge is 2.25. The number of hydrogen-bond donors (Lipinski definition) is 1. The zero-order valence-corrected chi connectivity index (χ0v) is 21.2. The fraction of sp³-hybridized carbons (Fsp3) is 0.304. The van der Waals surface area contributed by atoms with Gasteiger partial charge in [-0.1, -0.05) is 11.8 Å². The molecule has 1 aromatic carbocycles. The Balaban J connectivity index is 1.55. The maximum Gasteiger partial charge on any atom is 0.267 e. The normalized spacial score (nSPS) is 13.7. The summed E-state index contributed by atoms with van der Waals surface area (Å²) in [5, 5.41) is 6.32. The number of thiazole rings is 1. The first-order valence-electron chi connectivity index (χ1n) is 10.8. The van der Waals surface area contributed by atoms with Crippen molar-refractivity contribution in [3.63, 3.8) is 0 Å². The van der Waals surface area contributed by atoms with Crippen LogP contribution < -0.4 is 15.6 Å². The summed E-state index contributed by atoms with van der Waals surface area (Å²) < 4.78 is 7.18. The summed E-state index contributed by atoms with van der Waals surface area (Å²) in [6.45, 7) is 4.23. The Morgan fingerprint density at radius 3 is 2.85 bits per heavy atom. The number of nitrogens with one attached hydrogen (secondary N) is 1. The highest BCUT2D eigenvalue weighted by atomic mass is 32.2. The Bertz CT molecular complexity index is 1380. The number of benzene rings is 1. The highest BCUT2D eigenvalue weighted by Crippen LogP contribution is 2.34. The molecule has 176 valence electrons. The molecular weight excluding hydrogens is 490 g/mol. The average molecular weight is 514 g/mol. The quantitative estimate of drug-likeness (QED) is 0.295. The van der Waals surface area contributed by atoms with Crippen LogP contribution in [0.1, 0.15) is 17.4 Å². The molecule has 1 aliphatic heterocycles. The predicted octanol–water partition coefficient (Wildman–Crippen LogP) is 4.02. The van der Waals surface area contributed by atoms with E-state index in [0.717, 1.165) is 35.7 Å². The zero-order valence-electron chi connectivity index (χ0n) is 18.7. The maximum absolute atomic E-state index is 13.8. The Morgan fingerprint density at radius 2 is 2.12 bits per heavy atom. The molecule has 3 aromatic heterocycles. The van der Waals surface area contributed by atoms with Crippen LogP contribution in [0.25, 0.3) is 15.9 Å². The van der Waals surface area contributed by atoms with Crippen LogP contribution in [-0.2, 0) is 17.8 Å². The van der Waals surface area contributed by atoms with Gasteiger partial charge < -0.3 is 15.0 Å². The van der Waals surface area contributed by atoms with Gasteiger partial charge >= 0.3 is 0 Å². The largest absolute Gasteiger partial charge is 0.494 e. The minimum absolute atomic E-state index is 0.0981. The third-order valence-electron chi connectivity index (χ3n) is 5.45. The van der Waals surface area contributed by atoms with Crippen molar-refractivity contribution >= 4 is 55.7 Å². The first-order chi connectivity index (χ1) is 16.5. The molecule has 4 aromatic rings. The second-order valence-electron chi connectivity index (χ2n) is 7.81. The number of thiophene rings is 1. The molecule has 0 saturated carbocycles. The van der Waals surface area contributed by atoms with Crippen molar-refractivity contribution in [3.05, 3.63) is 56.6 Å². The lowest BCUT2D eigenvalue weighted by Crippen LogP contribution is -2.27. The van der Waals surface area contributed by atoms with E-state index in [4.69, 9.17) is 9.72 Å². The van der Waals surface area contributed by atoms with E-state index >= 15 is 0 Å². The fourth-order valence-electron chi connectivity index (χ4n) is 3.90. The van der Waals surface area contributed by atoms with E-state index in [1.807, 2.05) is 31.2 Å². The van der Waals surface area contributed by atoms with Crippen molar-refractivity contribution in [1.82, 2.24) is 19.4 Å². The van der Waals surface area contributed by atoms with Gasteiger partial charge in [0.2, 0.25) is 5.91 Å². The molecule has 11 heteroatoms. The van der Waals surface area contributed by atoms with Crippen molar-refractivity contribution in [1.29, 1.82) is 0 Å². The number of carbonyl (C=O) groups excluding carboxylic acids is 1. The summed E-state index contributed by atoms with van der Waals surface area (Å²) in [7, 11) is 2.08. The summed E-state index contributed by atoms with van der Waals surface area (Å²) in [6.07, 6.45) is 2.47. The van der Waals surface area contributed by atoms with Crippen molar-refractivity contribution in [2.45, 2.75) is 25.0 Å². The molecular formula is C23H23N5O3S3. The van der Waals surface area contributed by atoms with E-state index in [0.29, 0.717) is 28.0 Å². The predicted molar refractivity (Wildman–Crippen MR) is 138 cm³/mol. The fourth-order valence-corrected chi connectivity index (χ4v) is 6.60. The second kappa shape index (κ2) is 9.87. The molecule has 0 aliphatic carbocycles. The molecule has 4 heterocycles. The molecule has 0 unspecified atom stereocenters. The van der Waals surface area contributed by atoms with E-state index in [1.165, 1.54) is 28.0 Å². The van der Waals surface area contributed by atoms with Crippen molar-refractivity contribution in [2.75, 3.05) is 31.3 Å². The van der Waals surface area contributed by atoms with Gasteiger partial charge in [0.15, 0.2) is 10.3 Å². The van der Waals surface area contributed by atoms with Gasteiger partial charge in [-0.3, -0.25) is 14.2 Å². The van der Waals surface area contributed by atoms with Gasteiger partial charge in [-0.15, -0.1) is 22.7 Å². The second-order valence-corrected chi connectivity index (χ2v) is 10.7. The summed E-state index contributed by atoms with van der Waals surface area (Å²) >= 11 is 4.18. The zero-order chi connectivity index (χ0) is 23.7. The molecule has 1 N–H and O–H groups in total. The van der Waals surface area contributed by atoms with E-state index in [1.54, 1.807) is 27.5 Å². The maximum atomic E-state index is 13.8. The first-order valence-corrected chi connectivity index (χ1v) is 13.5. The first kappa shape index (κ1) is 23.0. The van der Waals surface area contributed by atoms with Crippen molar-refractivity contribution < 1.29 is 9.53 Å². The minimum atomic E-state index is -0.195. The lowest BCUT2D eigenvalue weighted by Gasteiger charge is -2.21. The molecule has 0 fully saturated rings. The Labute approximate surface area is 208 Å². The van der Waals surface area contributed by atoms with Crippen LogP contribution in [0.2, 0.25) is 0 Å². The van der Waals surface area contributed by atoms with Crippen LogP contribution in [0.5, 0.6) is 5.75 Å². The summed E-state index contributed by atoms with van der Waals surface area (Å²) in [6, 6.07) is 7.40. The van der Waals surface area contributed by atoms with E-state index in [-0.39, 0.29) is 17.2 Å². The number of aromatic nitrogens is 3. The van der Waals surface area contributed by atoms with Gasteiger partial charge in [-0.25, -0.2) is 9.97 Å². The lowest BCUT2D eigenvalue weighted by molar-refractivity contribution is -0.113. The van der Waals surface area contributed by atoms with Crippen LogP contribution in [0.15, 0.2) is 45.8 Å². The van der Waals surface area contributed by atoms with Crippen molar-refractivity contribution in [2.24, 2.45) is 0 Å². The van der Waals surface area contributed by atoms with Crippen LogP contribution in [0, 0.1) is 0 Å². The van der Waals surface area contributed by atoms with E-state index in [9.17, 15) is 9.59 Å². The number of nitrogens with zero attached hydrogens (tertiary/aromatic N) is 4. The molecule has 1 amide bonds. The molecule has 1 aliphatic rings. The number of anilines is 1. The number of carbonyl (C=O) groups is 1. The number of ether oxygens (including phenoxy) is 1. The number of thioether (sulfide) groups is 1. The van der Waals surface area contributed by atoms with E-state index < -0.39 is 0 Å². The molecule has 0 bridgehead atoms. The van der Waals surface area contributed by atoms with Crippen molar-refractivity contribution in [3.8, 4) is 11.4 Å². The van der Waals surface area contributed by atoms with Gasteiger partial charge in [0.25, 0.3) is 5.56 Å². The molecule has 8 nitrogen and oxygen atoms in total. The Hall–Kier alpha value is -2.73. The third-order valence-corrected chi connectivity index (χ3v) is 8.19. The number of amides is 1. The van der Waals surface area contributed by atoms with Gasteiger partial charge in [0, 0.05) is 29.5 Å². The summed E-state index contributed by atoms with van der Waals surface area (Å²) in [5.74, 6) is 0.656. The van der Waals surface area contributed by atoms with Gasteiger partial charge in [-0.05, 0) is 50.2 Å². The number of hydrogen-bond acceptors (Lipinski definition) is 9. The Morgan fingerprint density at radius 1 is 1.29 bits per heavy atom. The molecule has 0 saturated heterocycles.